The highest BCUT2D eigenvalue weighted by Crippen LogP contribution is 2.58. The number of amides is 2. The molecule has 2 fully saturated rings. The highest BCUT2D eigenvalue weighted by atomic mass is 35.5. The number of carbonyl (C=O) groups excluding carboxylic acids is 2. The third-order valence-corrected chi connectivity index (χ3v) is 7.13. The van der Waals surface area contributed by atoms with Gasteiger partial charge in [0, 0.05) is 16.9 Å². The Bertz CT molecular complexity index is 1220. The second kappa shape index (κ2) is 7.32. The first kappa shape index (κ1) is 19.3. The lowest BCUT2D eigenvalue weighted by atomic mass is 9.85. The molecule has 3 aliphatic rings. The molecule has 1 saturated heterocycles. The van der Waals surface area contributed by atoms with Crippen molar-refractivity contribution in [3.8, 4) is 0 Å². The maximum Gasteiger partial charge on any atom is 0.238 e. The van der Waals surface area contributed by atoms with Gasteiger partial charge in [0.15, 0.2) is 0 Å². The van der Waals surface area contributed by atoms with Crippen molar-refractivity contribution in [3.05, 3.63) is 119 Å². The molecule has 0 spiro atoms. The molecule has 3 aromatic rings. The van der Waals surface area contributed by atoms with Crippen LogP contribution in [0.1, 0.15) is 11.1 Å². The largest absolute Gasteiger partial charge is 0.274 e. The first-order valence-electron chi connectivity index (χ1n) is 10.8. The summed E-state index contributed by atoms with van der Waals surface area (Å²) in [6, 6.07) is 27.5. The molecule has 6 rings (SSSR count). The van der Waals surface area contributed by atoms with Crippen molar-refractivity contribution in [3.63, 3.8) is 0 Å². The van der Waals surface area contributed by atoms with Gasteiger partial charge in [-0.1, -0.05) is 90.5 Å². The number of hydrogen-bond acceptors (Lipinski definition) is 2. The van der Waals surface area contributed by atoms with E-state index in [0.717, 1.165) is 16.7 Å². The van der Waals surface area contributed by atoms with Crippen molar-refractivity contribution in [2.45, 2.75) is 0 Å². The highest BCUT2D eigenvalue weighted by molar-refractivity contribution is 6.31. The summed E-state index contributed by atoms with van der Waals surface area (Å²) >= 11 is 6.14. The summed E-state index contributed by atoms with van der Waals surface area (Å²) in [4.78, 5) is 28.4. The quantitative estimate of drug-likeness (QED) is 0.385. The van der Waals surface area contributed by atoms with E-state index < -0.39 is 0 Å². The predicted molar refractivity (Wildman–Crippen MR) is 126 cm³/mol. The fourth-order valence-corrected chi connectivity index (χ4v) is 5.86. The molecule has 2 aliphatic carbocycles. The minimum absolute atomic E-state index is 0.0824. The molecule has 0 N–H and O–H groups in total. The number of halogens is 1. The summed E-state index contributed by atoms with van der Waals surface area (Å²) in [6.07, 6.45) is 4.25. The van der Waals surface area contributed by atoms with Gasteiger partial charge in [-0.05, 0) is 40.5 Å². The number of anilines is 1. The Labute approximate surface area is 191 Å². The molecule has 4 atom stereocenters. The summed E-state index contributed by atoms with van der Waals surface area (Å²) in [6.45, 7) is 0. The molecule has 156 valence electrons. The zero-order chi connectivity index (χ0) is 21.8. The standard InChI is InChI=1S/C28H20ClNO2/c29-19-12-7-13-20(16-19)30-27(31)25-21-14-15-22(26(25)28(30)32)24(21)23(17-8-3-1-4-9-17)18-10-5-2-6-11-18/h1-16,21-22,25-26H/t21-,22-,25-,26-/m0/s1. The van der Waals surface area contributed by atoms with Crippen molar-refractivity contribution in [1.29, 1.82) is 0 Å². The van der Waals surface area contributed by atoms with Crippen LogP contribution in [0.4, 0.5) is 5.69 Å². The van der Waals surface area contributed by atoms with E-state index in [0.29, 0.717) is 10.7 Å². The molecule has 3 aromatic carbocycles. The number of nitrogens with zero attached hydrogens (tertiary/aromatic N) is 1. The van der Waals surface area contributed by atoms with E-state index in [2.05, 4.69) is 36.4 Å². The van der Waals surface area contributed by atoms with Crippen LogP contribution in [0.2, 0.25) is 5.02 Å². The van der Waals surface area contributed by atoms with Crippen LogP contribution in [0, 0.1) is 23.7 Å². The number of fused-ring (bicyclic) bond motifs is 5. The van der Waals surface area contributed by atoms with E-state index in [-0.39, 0.29) is 35.5 Å². The first-order valence-corrected chi connectivity index (χ1v) is 11.2. The van der Waals surface area contributed by atoms with Gasteiger partial charge in [-0.3, -0.25) is 9.59 Å². The zero-order valence-corrected chi connectivity index (χ0v) is 17.9. The molecule has 0 radical (unpaired) electrons. The predicted octanol–water partition coefficient (Wildman–Crippen LogP) is 5.76. The van der Waals surface area contributed by atoms with Crippen LogP contribution in [0.25, 0.3) is 5.57 Å². The Hall–Kier alpha value is -3.43. The molecule has 4 heteroatoms. The lowest BCUT2D eigenvalue weighted by molar-refractivity contribution is -0.122. The first-order chi connectivity index (χ1) is 15.6. The molecule has 1 heterocycles. The molecule has 1 saturated carbocycles. The topological polar surface area (TPSA) is 37.4 Å². The maximum atomic E-state index is 13.5. The van der Waals surface area contributed by atoms with Gasteiger partial charge in [-0.25, -0.2) is 4.90 Å². The van der Waals surface area contributed by atoms with Crippen LogP contribution in [0.5, 0.6) is 0 Å². The molecule has 0 aromatic heterocycles. The lowest BCUT2D eigenvalue weighted by Crippen LogP contribution is -2.33. The van der Waals surface area contributed by atoms with Crippen LogP contribution in [0.15, 0.2) is 103 Å². The number of hydrogen-bond donors (Lipinski definition) is 0. The van der Waals surface area contributed by atoms with E-state index in [4.69, 9.17) is 11.6 Å². The smallest absolute Gasteiger partial charge is 0.238 e. The maximum absolute atomic E-state index is 13.5. The van der Waals surface area contributed by atoms with Gasteiger partial charge >= 0.3 is 0 Å². The summed E-state index contributed by atoms with van der Waals surface area (Å²) < 4.78 is 0. The molecular weight excluding hydrogens is 418 g/mol. The van der Waals surface area contributed by atoms with Crippen molar-refractivity contribution >= 4 is 34.7 Å². The summed E-state index contributed by atoms with van der Waals surface area (Å²) in [5.74, 6) is -1.15. The van der Waals surface area contributed by atoms with Gasteiger partial charge in [-0.15, -0.1) is 0 Å². The van der Waals surface area contributed by atoms with Gasteiger partial charge < -0.3 is 0 Å². The number of carbonyl (C=O) groups is 2. The second-order valence-electron chi connectivity index (χ2n) is 8.54. The van der Waals surface area contributed by atoms with Crippen molar-refractivity contribution in [1.82, 2.24) is 0 Å². The van der Waals surface area contributed by atoms with Crippen molar-refractivity contribution < 1.29 is 9.59 Å². The molecule has 2 amide bonds. The van der Waals surface area contributed by atoms with Gasteiger partial charge in [0.05, 0.1) is 17.5 Å². The summed E-state index contributed by atoms with van der Waals surface area (Å²) in [5, 5.41) is 0.511. The van der Waals surface area contributed by atoms with Crippen LogP contribution >= 0.6 is 11.6 Å². The average molecular weight is 438 g/mol. The Balaban J connectivity index is 1.49. The molecular formula is C28H20ClNO2. The van der Waals surface area contributed by atoms with Crippen LogP contribution in [-0.4, -0.2) is 11.8 Å². The number of allylic oxidation sites excluding steroid dienone is 3. The molecule has 0 unspecified atom stereocenters. The van der Waals surface area contributed by atoms with Gasteiger partial charge in [-0.2, -0.15) is 0 Å². The molecule has 3 nitrogen and oxygen atoms in total. The minimum atomic E-state index is -0.367. The third-order valence-electron chi connectivity index (χ3n) is 6.90. The van der Waals surface area contributed by atoms with Gasteiger partial charge in [0.1, 0.15) is 0 Å². The normalized spacial score (nSPS) is 25.5. The SMILES string of the molecule is O=C1[C@@H]2[C@@H](C(=O)N1c1cccc(Cl)c1)[C@H]1C=C[C@H]2C1=C(c1ccccc1)c1ccccc1. The van der Waals surface area contributed by atoms with E-state index in [1.165, 1.54) is 10.5 Å². The monoisotopic (exact) mass is 437 g/mol. The van der Waals surface area contributed by atoms with Crippen molar-refractivity contribution in [2.24, 2.45) is 23.7 Å². The van der Waals surface area contributed by atoms with Crippen molar-refractivity contribution in [2.75, 3.05) is 4.90 Å². The number of rotatable bonds is 3. The fraction of sp³-hybridized carbons (Fsp3) is 0.143. The molecule has 2 bridgehead atoms. The Morgan fingerprint density at radius 1 is 0.688 bits per heavy atom. The average Bonchev–Trinajstić information content (AvgIpc) is 3.45. The third kappa shape index (κ3) is 2.74. The minimum Gasteiger partial charge on any atom is -0.274 e. The number of imide groups is 1. The zero-order valence-electron chi connectivity index (χ0n) is 17.2. The lowest BCUT2D eigenvalue weighted by Gasteiger charge is -2.21. The second-order valence-corrected chi connectivity index (χ2v) is 8.98. The highest BCUT2D eigenvalue weighted by Gasteiger charge is 2.62. The van der Waals surface area contributed by atoms with Crippen LogP contribution in [-0.2, 0) is 9.59 Å². The number of benzene rings is 3. The summed E-state index contributed by atoms with van der Waals surface area (Å²) in [7, 11) is 0. The van der Waals surface area contributed by atoms with Crippen LogP contribution < -0.4 is 4.90 Å². The Kier molecular flexibility index (Phi) is 4.41. The van der Waals surface area contributed by atoms with Gasteiger partial charge in [0.25, 0.3) is 0 Å². The Morgan fingerprint density at radius 3 is 1.72 bits per heavy atom. The van der Waals surface area contributed by atoms with E-state index in [9.17, 15) is 9.59 Å². The van der Waals surface area contributed by atoms with Gasteiger partial charge in [0.2, 0.25) is 11.8 Å². The Morgan fingerprint density at radius 2 is 1.22 bits per heavy atom. The van der Waals surface area contributed by atoms with E-state index in [1.54, 1.807) is 24.3 Å². The summed E-state index contributed by atoms with van der Waals surface area (Å²) in [5.41, 5.74) is 5.09. The van der Waals surface area contributed by atoms with Crippen LogP contribution in [0.3, 0.4) is 0 Å². The van der Waals surface area contributed by atoms with E-state index >= 15 is 0 Å². The molecule has 1 aliphatic heterocycles. The fourth-order valence-electron chi connectivity index (χ4n) is 5.68. The van der Waals surface area contributed by atoms with E-state index in [1.807, 2.05) is 36.4 Å². The molecule has 32 heavy (non-hydrogen) atoms.